The molecule has 2 aromatic carbocycles. The van der Waals surface area contributed by atoms with Crippen LogP contribution in [-0.4, -0.2) is 10.4 Å². The molecule has 4 nitrogen and oxygen atoms in total. The Hall–Kier alpha value is -3.21. The molecule has 0 unspecified atom stereocenters. The summed E-state index contributed by atoms with van der Waals surface area (Å²) in [6.07, 6.45) is 6.99. The molecule has 0 aliphatic rings. The Balaban J connectivity index is 1.41. The molecule has 0 radical (unpaired) electrons. The van der Waals surface area contributed by atoms with Crippen LogP contribution < -0.4 is 4.74 Å². The van der Waals surface area contributed by atoms with Crippen molar-refractivity contribution in [2.24, 2.45) is 0 Å². The van der Waals surface area contributed by atoms with Crippen molar-refractivity contribution in [3.63, 3.8) is 0 Å². The van der Waals surface area contributed by atoms with Gasteiger partial charge in [-0.05, 0) is 60.7 Å². The van der Waals surface area contributed by atoms with Gasteiger partial charge >= 0.3 is 0 Å². The molecule has 4 rings (SSSR count). The number of halogens is 2. The van der Waals surface area contributed by atoms with Crippen LogP contribution in [0.2, 0.25) is 10.0 Å². The number of benzene rings is 2. The average Bonchev–Trinajstić information content (AvgIpc) is 3.44. The lowest BCUT2D eigenvalue weighted by molar-refractivity contribution is 0.104. The Labute approximate surface area is 183 Å². The lowest BCUT2D eigenvalue weighted by atomic mass is 10.1. The molecular formula is C24H17Cl2NO3. The van der Waals surface area contributed by atoms with Crippen molar-refractivity contribution in [1.29, 1.82) is 0 Å². The van der Waals surface area contributed by atoms with Crippen LogP contribution in [0.5, 0.6) is 5.75 Å². The fraction of sp³-hybridized carbons (Fsp3) is 0.0417. The number of rotatable bonds is 7. The molecule has 0 saturated heterocycles. The quantitative estimate of drug-likeness (QED) is 0.234. The average molecular weight is 438 g/mol. The van der Waals surface area contributed by atoms with Crippen molar-refractivity contribution < 1.29 is 13.9 Å². The molecule has 0 aliphatic carbocycles. The van der Waals surface area contributed by atoms with E-state index in [1.165, 1.54) is 6.08 Å². The second-order valence-electron chi connectivity index (χ2n) is 6.48. The van der Waals surface area contributed by atoms with Crippen molar-refractivity contribution in [3.8, 4) is 11.4 Å². The molecule has 150 valence electrons. The highest BCUT2D eigenvalue weighted by Crippen LogP contribution is 2.33. The number of nitrogens with zero attached hydrogens (tertiary/aromatic N) is 1. The number of allylic oxidation sites excluding steroid dienone is 1. The van der Waals surface area contributed by atoms with Gasteiger partial charge in [0.25, 0.3) is 0 Å². The van der Waals surface area contributed by atoms with Crippen LogP contribution >= 0.6 is 23.2 Å². The van der Waals surface area contributed by atoms with Gasteiger partial charge in [-0.25, -0.2) is 0 Å². The molecular weight excluding hydrogens is 421 g/mol. The van der Waals surface area contributed by atoms with Crippen LogP contribution in [0.4, 0.5) is 0 Å². The van der Waals surface area contributed by atoms with Crippen molar-refractivity contribution in [2.75, 3.05) is 0 Å². The normalized spacial score (nSPS) is 11.1. The maximum Gasteiger partial charge on any atom is 0.186 e. The summed E-state index contributed by atoms with van der Waals surface area (Å²) in [5.41, 5.74) is 1.52. The van der Waals surface area contributed by atoms with Gasteiger partial charge in [-0.3, -0.25) is 4.79 Å². The summed E-state index contributed by atoms with van der Waals surface area (Å²) in [7, 11) is 0. The largest absolute Gasteiger partial charge is 0.483 e. The Morgan fingerprint density at radius 2 is 1.70 bits per heavy atom. The van der Waals surface area contributed by atoms with E-state index in [1.54, 1.807) is 42.5 Å². The monoisotopic (exact) mass is 437 g/mol. The first kappa shape index (κ1) is 20.1. The molecule has 0 aliphatic heterocycles. The van der Waals surface area contributed by atoms with E-state index >= 15 is 0 Å². The van der Waals surface area contributed by atoms with Gasteiger partial charge in [0.15, 0.2) is 11.5 Å². The predicted molar refractivity (Wildman–Crippen MR) is 119 cm³/mol. The van der Waals surface area contributed by atoms with E-state index in [-0.39, 0.29) is 12.4 Å². The molecule has 2 aromatic heterocycles. The zero-order chi connectivity index (χ0) is 20.9. The number of hydrogen-bond donors (Lipinski definition) is 0. The lowest BCUT2D eigenvalue weighted by Gasteiger charge is -2.07. The molecule has 0 atom stereocenters. The number of carbonyl (C=O) groups is 1. The fourth-order valence-corrected chi connectivity index (χ4v) is 3.41. The number of furan rings is 1. The Morgan fingerprint density at radius 3 is 2.47 bits per heavy atom. The number of ketones is 1. The minimum absolute atomic E-state index is 0.110. The third-order valence-electron chi connectivity index (χ3n) is 4.39. The summed E-state index contributed by atoms with van der Waals surface area (Å²) in [6.45, 7) is 0.171. The van der Waals surface area contributed by atoms with E-state index in [4.69, 9.17) is 32.4 Å². The van der Waals surface area contributed by atoms with Crippen LogP contribution in [-0.2, 0) is 6.61 Å². The second-order valence-corrected chi connectivity index (χ2v) is 7.30. The SMILES string of the molecule is O=C(/C=C/c1ccc(COc2c(Cl)cccc2Cl)o1)c1cccc(-n2cccc2)c1. The maximum absolute atomic E-state index is 12.5. The first-order valence-corrected chi connectivity index (χ1v) is 9.97. The van der Waals surface area contributed by atoms with Gasteiger partial charge in [-0.2, -0.15) is 0 Å². The molecule has 4 aromatic rings. The van der Waals surface area contributed by atoms with E-state index in [1.807, 2.05) is 47.3 Å². The van der Waals surface area contributed by atoms with Crippen LogP contribution in [0.25, 0.3) is 11.8 Å². The highest BCUT2D eigenvalue weighted by Gasteiger charge is 2.09. The summed E-state index contributed by atoms with van der Waals surface area (Å²) < 4.78 is 13.3. The van der Waals surface area contributed by atoms with Crippen molar-refractivity contribution >= 4 is 35.1 Å². The van der Waals surface area contributed by atoms with Crippen LogP contribution in [0, 0.1) is 0 Å². The van der Waals surface area contributed by atoms with Crippen molar-refractivity contribution in [2.45, 2.75) is 6.61 Å². The van der Waals surface area contributed by atoms with E-state index in [0.29, 0.717) is 32.9 Å². The summed E-state index contributed by atoms with van der Waals surface area (Å²) in [6, 6.07) is 20.0. The third-order valence-corrected chi connectivity index (χ3v) is 4.99. The van der Waals surface area contributed by atoms with Gasteiger partial charge in [0.05, 0.1) is 10.0 Å². The summed E-state index contributed by atoms with van der Waals surface area (Å²) in [5.74, 6) is 1.44. The van der Waals surface area contributed by atoms with Gasteiger partial charge in [0, 0.05) is 23.6 Å². The molecule has 0 bridgehead atoms. The molecule has 0 N–H and O–H groups in total. The standard InChI is InChI=1S/C24H17Cl2NO3/c25-21-7-4-8-22(26)24(21)29-16-20-10-9-19(30-20)11-12-23(28)17-5-3-6-18(15-17)27-13-1-2-14-27/h1-15H,16H2/b12-11+. The highest BCUT2D eigenvalue weighted by molar-refractivity contribution is 6.37. The fourth-order valence-electron chi connectivity index (χ4n) is 2.91. The molecule has 0 fully saturated rings. The Kier molecular flexibility index (Phi) is 6.07. The highest BCUT2D eigenvalue weighted by atomic mass is 35.5. The molecule has 6 heteroatoms. The number of para-hydroxylation sites is 1. The van der Waals surface area contributed by atoms with Crippen LogP contribution in [0.1, 0.15) is 21.9 Å². The smallest absolute Gasteiger partial charge is 0.186 e. The van der Waals surface area contributed by atoms with E-state index in [2.05, 4.69) is 0 Å². The molecule has 0 amide bonds. The van der Waals surface area contributed by atoms with Crippen molar-refractivity contribution in [3.05, 3.63) is 112 Å². The third kappa shape index (κ3) is 4.67. The second kappa shape index (κ2) is 9.08. The topological polar surface area (TPSA) is 44.4 Å². The number of hydrogen-bond acceptors (Lipinski definition) is 3. The van der Waals surface area contributed by atoms with Crippen molar-refractivity contribution in [1.82, 2.24) is 4.57 Å². The van der Waals surface area contributed by atoms with Crippen LogP contribution in [0.15, 0.2) is 89.6 Å². The van der Waals surface area contributed by atoms with E-state index < -0.39 is 0 Å². The predicted octanol–water partition coefficient (Wildman–Crippen LogP) is 6.85. The summed E-state index contributed by atoms with van der Waals surface area (Å²) >= 11 is 12.2. The number of carbonyl (C=O) groups excluding carboxylic acids is 1. The number of aromatic nitrogens is 1. The summed E-state index contributed by atoms with van der Waals surface area (Å²) in [5, 5.41) is 0.865. The zero-order valence-corrected chi connectivity index (χ0v) is 17.3. The summed E-state index contributed by atoms with van der Waals surface area (Å²) in [4.78, 5) is 12.5. The first-order valence-electron chi connectivity index (χ1n) is 9.21. The lowest BCUT2D eigenvalue weighted by Crippen LogP contribution is -1.97. The maximum atomic E-state index is 12.5. The molecule has 2 heterocycles. The van der Waals surface area contributed by atoms with Gasteiger partial charge in [0.1, 0.15) is 18.1 Å². The Bertz CT molecular complexity index is 1170. The molecule has 0 saturated carbocycles. The zero-order valence-electron chi connectivity index (χ0n) is 15.8. The molecule has 0 spiro atoms. The first-order chi connectivity index (χ1) is 14.6. The molecule has 30 heavy (non-hydrogen) atoms. The minimum atomic E-state index is -0.110. The minimum Gasteiger partial charge on any atom is -0.483 e. The van der Waals surface area contributed by atoms with Gasteiger partial charge in [0.2, 0.25) is 0 Å². The van der Waals surface area contributed by atoms with Gasteiger partial charge in [-0.15, -0.1) is 0 Å². The number of ether oxygens (including phenoxy) is 1. The van der Waals surface area contributed by atoms with Crippen LogP contribution in [0.3, 0.4) is 0 Å². The van der Waals surface area contributed by atoms with Gasteiger partial charge in [-0.1, -0.05) is 41.4 Å². The van der Waals surface area contributed by atoms with E-state index in [0.717, 1.165) is 5.69 Å². The van der Waals surface area contributed by atoms with Gasteiger partial charge < -0.3 is 13.7 Å². The van der Waals surface area contributed by atoms with E-state index in [9.17, 15) is 4.79 Å². The Morgan fingerprint density at radius 1 is 0.967 bits per heavy atom.